The number of rotatable bonds is 4. The van der Waals surface area contributed by atoms with Crippen LogP contribution in [0.1, 0.15) is 33.1 Å². The van der Waals surface area contributed by atoms with Crippen LogP contribution < -0.4 is 10.6 Å². The first-order valence-electron chi connectivity index (χ1n) is 6.12. The van der Waals surface area contributed by atoms with Gasteiger partial charge in [-0.2, -0.15) is 0 Å². The van der Waals surface area contributed by atoms with Crippen molar-refractivity contribution in [2.75, 3.05) is 21.2 Å². The molecule has 1 saturated carbocycles. The number of nitrogens with one attached hydrogen (secondary N) is 2. The predicted molar refractivity (Wildman–Crippen MR) is 67.8 cm³/mol. The van der Waals surface area contributed by atoms with Gasteiger partial charge in [0.1, 0.15) is 0 Å². The number of guanidine groups is 1. The van der Waals surface area contributed by atoms with Crippen molar-refractivity contribution in [3.8, 4) is 0 Å². The van der Waals surface area contributed by atoms with Crippen LogP contribution in [0.5, 0.6) is 0 Å². The van der Waals surface area contributed by atoms with Crippen molar-refractivity contribution in [1.29, 1.82) is 0 Å². The zero-order valence-electron chi connectivity index (χ0n) is 11.1. The molecule has 0 spiro atoms. The summed E-state index contributed by atoms with van der Waals surface area (Å²) in [6, 6.07) is 0.471. The van der Waals surface area contributed by atoms with E-state index in [1.165, 1.54) is 0 Å². The van der Waals surface area contributed by atoms with Gasteiger partial charge in [-0.3, -0.25) is 4.99 Å². The second-order valence-corrected chi connectivity index (χ2v) is 4.42. The van der Waals surface area contributed by atoms with Gasteiger partial charge in [0.05, 0.1) is 6.10 Å². The minimum absolute atomic E-state index is 0.265. The Balaban J connectivity index is 2.69. The molecule has 0 saturated heterocycles. The fraction of sp³-hybridized carbons (Fsp3) is 0.917. The maximum absolute atomic E-state index is 5.56. The third-order valence-electron chi connectivity index (χ3n) is 4.16. The number of ether oxygens (including phenoxy) is 1. The molecule has 0 aromatic rings. The Morgan fingerprint density at radius 1 is 1.44 bits per heavy atom. The van der Waals surface area contributed by atoms with E-state index in [1.807, 2.05) is 14.2 Å². The van der Waals surface area contributed by atoms with E-state index in [0.29, 0.717) is 12.1 Å². The summed E-state index contributed by atoms with van der Waals surface area (Å²) in [6.07, 6.45) is 3.73. The van der Waals surface area contributed by atoms with Crippen LogP contribution in [0, 0.1) is 5.41 Å². The lowest BCUT2D eigenvalue weighted by Crippen LogP contribution is -2.65. The first kappa shape index (κ1) is 13.3. The summed E-state index contributed by atoms with van der Waals surface area (Å²) >= 11 is 0. The Labute approximate surface area is 98.9 Å². The van der Waals surface area contributed by atoms with Crippen molar-refractivity contribution in [3.63, 3.8) is 0 Å². The van der Waals surface area contributed by atoms with Crippen molar-refractivity contribution in [2.45, 2.75) is 45.3 Å². The molecule has 0 aromatic heterocycles. The molecule has 0 bridgehead atoms. The summed E-state index contributed by atoms with van der Waals surface area (Å²) < 4.78 is 5.56. The van der Waals surface area contributed by atoms with Crippen LogP contribution in [-0.4, -0.2) is 39.3 Å². The van der Waals surface area contributed by atoms with E-state index < -0.39 is 0 Å². The molecule has 2 atom stereocenters. The van der Waals surface area contributed by atoms with E-state index in [-0.39, 0.29) is 5.41 Å². The summed E-state index contributed by atoms with van der Waals surface area (Å²) in [5, 5.41) is 6.54. The normalized spacial score (nSPS) is 28.4. The zero-order valence-corrected chi connectivity index (χ0v) is 11.1. The minimum Gasteiger partial charge on any atom is -0.381 e. The van der Waals surface area contributed by atoms with Gasteiger partial charge in [0, 0.05) is 32.7 Å². The lowest BCUT2D eigenvalue weighted by atomic mass is 9.58. The summed E-state index contributed by atoms with van der Waals surface area (Å²) in [4.78, 5) is 4.17. The average molecular weight is 227 g/mol. The maximum atomic E-state index is 5.56. The van der Waals surface area contributed by atoms with Crippen LogP contribution in [0.15, 0.2) is 4.99 Å². The van der Waals surface area contributed by atoms with Gasteiger partial charge in [0.25, 0.3) is 0 Å². The van der Waals surface area contributed by atoms with Gasteiger partial charge < -0.3 is 15.4 Å². The Hall–Kier alpha value is -0.770. The monoisotopic (exact) mass is 227 g/mol. The molecule has 4 heteroatoms. The molecule has 1 rings (SSSR count). The maximum Gasteiger partial charge on any atom is 0.190 e. The van der Waals surface area contributed by atoms with Crippen molar-refractivity contribution in [1.82, 2.24) is 10.6 Å². The molecule has 0 aromatic carbocycles. The zero-order chi connectivity index (χ0) is 12.2. The fourth-order valence-electron chi connectivity index (χ4n) is 2.89. The predicted octanol–water partition coefficient (Wildman–Crippen LogP) is 1.37. The molecule has 4 nitrogen and oxygen atoms in total. The first-order chi connectivity index (χ1) is 7.68. The lowest BCUT2D eigenvalue weighted by Gasteiger charge is -2.55. The highest BCUT2D eigenvalue weighted by Gasteiger charge is 2.53. The largest absolute Gasteiger partial charge is 0.381 e. The number of hydrogen-bond acceptors (Lipinski definition) is 2. The van der Waals surface area contributed by atoms with Crippen LogP contribution in [0.4, 0.5) is 0 Å². The van der Waals surface area contributed by atoms with Gasteiger partial charge in [0.2, 0.25) is 0 Å². The average Bonchev–Trinajstić information content (AvgIpc) is 2.30. The highest BCUT2D eigenvalue weighted by Crippen LogP contribution is 2.48. The van der Waals surface area contributed by atoms with Crippen LogP contribution in [0.2, 0.25) is 0 Å². The molecule has 1 aliphatic rings. The Morgan fingerprint density at radius 3 is 2.44 bits per heavy atom. The lowest BCUT2D eigenvalue weighted by molar-refractivity contribution is -0.118. The molecule has 0 heterocycles. The molecule has 2 N–H and O–H groups in total. The highest BCUT2D eigenvalue weighted by atomic mass is 16.5. The number of nitrogens with zero attached hydrogens (tertiary/aromatic N) is 1. The van der Waals surface area contributed by atoms with Crippen LogP contribution >= 0.6 is 0 Å². The van der Waals surface area contributed by atoms with Gasteiger partial charge in [-0.1, -0.05) is 13.8 Å². The van der Waals surface area contributed by atoms with E-state index in [4.69, 9.17) is 4.74 Å². The fourth-order valence-corrected chi connectivity index (χ4v) is 2.89. The van der Waals surface area contributed by atoms with Crippen molar-refractivity contribution in [3.05, 3.63) is 0 Å². The molecule has 94 valence electrons. The van der Waals surface area contributed by atoms with E-state index in [2.05, 4.69) is 29.5 Å². The molecule has 0 radical (unpaired) electrons. The Bertz CT molecular complexity index is 249. The number of methoxy groups -OCH3 is 1. The SMILES string of the molecule is CCC1(CC)C(NC(=NC)NC)CC1OC. The van der Waals surface area contributed by atoms with Gasteiger partial charge in [-0.25, -0.2) is 0 Å². The van der Waals surface area contributed by atoms with Crippen molar-refractivity contribution >= 4 is 5.96 Å². The summed E-state index contributed by atoms with van der Waals surface area (Å²) in [5.41, 5.74) is 0.265. The van der Waals surface area contributed by atoms with Gasteiger partial charge >= 0.3 is 0 Å². The van der Waals surface area contributed by atoms with Gasteiger partial charge in [0.15, 0.2) is 5.96 Å². The van der Waals surface area contributed by atoms with E-state index in [0.717, 1.165) is 25.2 Å². The summed E-state index contributed by atoms with van der Waals surface area (Å²) in [5.74, 6) is 0.867. The molecular formula is C12H25N3O. The summed E-state index contributed by atoms with van der Waals surface area (Å²) in [6.45, 7) is 4.48. The molecule has 1 fully saturated rings. The molecule has 2 unspecified atom stereocenters. The standard InChI is InChI=1S/C12H25N3O/c1-6-12(7-2)9(8-10(12)16-5)15-11(13-3)14-4/h9-10H,6-8H2,1-5H3,(H2,13,14,15). The van der Waals surface area contributed by atoms with E-state index in [1.54, 1.807) is 7.05 Å². The Morgan fingerprint density at radius 2 is 2.06 bits per heavy atom. The number of aliphatic imine (C=N–C) groups is 1. The minimum atomic E-state index is 0.265. The second kappa shape index (κ2) is 5.53. The smallest absolute Gasteiger partial charge is 0.190 e. The first-order valence-corrected chi connectivity index (χ1v) is 6.12. The Kier molecular flexibility index (Phi) is 4.59. The summed E-state index contributed by atoms with van der Waals surface area (Å²) in [7, 11) is 5.50. The molecular weight excluding hydrogens is 202 g/mol. The number of hydrogen-bond donors (Lipinski definition) is 2. The molecule has 0 amide bonds. The molecule has 0 aliphatic heterocycles. The van der Waals surface area contributed by atoms with Crippen LogP contribution in [-0.2, 0) is 4.74 Å². The van der Waals surface area contributed by atoms with Crippen molar-refractivity contribution < 1.29 is 4.74 Å². The second-order valence-electron chi connectivity index (χ2n) is 4.42. The third-order valence-corrected chi connectivity index (χ3v) is 4.16. The van der Waals surface area contributed by atoms with E-state index >= 15 is 0 Å². The van der Waals surface area contributed by atoms with Crippen LogP contribution in [0.25, 0.3) is 0 Å². The quantitative estimate of drug-likeness (QED) is 0.563. The van der Waals surface area contributed by atoms with Gasteiger partial charge in [-0.05, 0) is 19.3 Å². The van der Waals surface area contributed by atoms with Crippen LogP contribution in [0.3, 0.4) is 0 Å². The highest BCUT2D eigenvalue weighted by molar-refractivity contribution is 5.79. The molecule has 16 heavy (non-hydrogen) atoms. The topological polar surface area (TPSA) is 45.7 Å². The van der Waals surface area contributed by atoms with E-state index in [9.17, 15) is 0 Å². The molecule has 1 aliphatic carbocycles. The van der Waals surface area contributed by atoms with Gasteiger partial charge in [-0.15, -0.1) is 0 Å². The third kappa shape index (κ3) is 2.03. The van der Waals surface area contributed by atoms with Crippen molar-refractivity contribution in [2.24, 2.45) is 10.4 Å².